The van der Waals surface area contributed by atoms with Crippen LogP contribution in [0.25, 0.3) is 16.9 Å². The number of nitrogens with two attached hydrogens (primary N) is 1. The van der Waals surface area contributed by atoms with Gasteiger partial charge in [0.05, 0.1) is 5.69 Å². The summed E-state index contributed by atoms with van der Waals surface area (Å²) in [6.45, 7) is 0. The monoisotopic (exact) mass is 263 g/mol. The van der Waals surface area contributed by atoms with E-state index in [1.165, 1.54) is 23.3 Å². The third-order valence-corrected chi connectivity index (χ3v) is 2.77. The summed E-state index contributed by atoms with van der Waals surface area (Å²) in [5, 5.41) is 0.329. The van der Waals surface area contributed by atoms with Crippen molar-refractivity contribution in [3.8, 4) is 5.69 Å². The predicted molar refractivity (Wildman–Crippen MR) is 66.0 cm³/mol. The fourth-order valence-electron chi connectivity index (χ4n) is 1.71. The SMILES string of the molecule is Nc1ncnc2c1ncn2-c1ccc(Cl)cc1F. The van der Waals surface area contributed by atoms with Gasteiger partial charge in [-0.1, -0.05) is 11.6 Å². The summed E-state index contributed by atoms with van der Waals surface area (Å²) in [6.07, 6.45) is 2.76. The molecule has 3 rings (SSSR count). The van der Waals surface area contributed by atoms with Gasteiger partial charge in [-0.3, -0.25) is 4.57 Å². The van der Waals surface area contributed by atoms with Gasteiger partial charge >= 0.3 is 0 Å². The smallest absolute Gasteiger partial charge is 0.170 e. The van der Waals surface area contributed by atoms with Gasteiger partial charge < -0.3 is 5.73 Å². The van der Waals surface area contributed by atoms with Crippen molar-refractivity contribution in [3.05, 3.63) is 41.7 Å². The van der Waals surface area contributed by atoms with Crippen molar-refractivity contribution in [2.24, 2.45) is 0 Å². The molecule has 0 amide bonds. The topological polar surface area (TPSA) is 69.6 Å². The van der Waals surface area contributed by atoms with Gasteiger partial charge in [-0.15, -0.1) is 0 Å². The Kier molecular flexibility index (Phi) is 2.38. The minimum absolute atomic E-state index is 0.258. The number of nitrogen functional groups attached to an aromatic ring is 1. The molecular formula is C11H7ClFN5. The second-order valence-corrected chi connectivity index (χ2v) is 4.08. The van der Waals surface area contributed by atoms with E-state index in [-0.39, 0.29) is 5.82 Å². The molecule has 0 radical (unpaired) electrons. The van der Waals surface area contributed by atoms with Gasteiger partial charge in [0.1, 0.15) is 18.5 Å². The lowest BCUT2D eigenvalue weighted by molar-refractivity contribution is 0.619. The minimum Gasteiger partial charge on any atom is -0.382 e. The van der Waals surface area contributed by atoms with Crippen molar-refractivity contribution in [2.45, 2.75) is 0 Å². The molecule has 0 spiro atoms. The third-order valence-electron chi connectivity index (χ3n) is 2.53. The van der Waals surface area contributed by atoms with Gasteiger partial charge in [0.15, 0.2) is 17.0 Å². The predicted octanol–water partition coefficient (Wildman–Crippen LogP) is 2.19. The number of hydrogen-bond donors (Lipinski definition) is 1. The zero-order valence-electron chi connectivity index (χ0n) is 9.01. The van der Waals surface area contributed by atoms with Crippen LogP contribution >= 0.6 is 11.6 Å². The van der Waals surface area contributed by atoms with Gasteiger partial charge in [0, 0.05) is 5.02 Å². The molecule has 0 saturated heterocycles. The summed E-state index contributed by atoms with van der Waals surface area (Å²) in [7, 11) is 0. The first kappa shape index (κ1) is 10.9. The normalized spacial score (nSPS) is 11.0. The van der Waals surface area contributed by atoms with E-state index in [1.54, 1.807) is 12.1 Å². The Bertz CT molecular complexity index is 739. The molecule has 0 aliphatic carbocycles. The molecule has 0 atom stereocenters. The van der Waals surface area contributed by atoms with E-state index in [0.717, 1.165) is 0 Å². The number of imidazole rings is 1. The number of hydrogen-bond acceptors (Lipinski definition) is 4. The molecule has 2 heterocycles. The van der Waals surface area contributed by atoms with Crippen LogP contribution in [0.3, 0.4) is 0 Å². The van der Waals surface area contributed by atoms with Crippen molar-refractivity contribution in [3.63, 3.8) is 0 Å². The standard InChI is InChI=1S/C11H7ClFN5/c12-6-1-2-8(7(13)3-6)18-5-17-9-10(14)15-4-16-11(9)18/h1-5H,(H2,14,15,16). The lowest BCUT2D eigenvalue weighted by Gasteiger charge is -2.05. The Morgan fingerprint density at radius 1 is 1.22 bits per heavy atom. The maximum absolute atomic E-state index is 13.8. The highest BCUT2D eigenvalue weighted by atomic mass is 35.5. The number of rotatable bonds is 1. The molecule has 3 aromatic rings. The molecule has 2 N–H and O–H groups in total. The first-order valence-corrected chi connectivity index (χ1v) is 5.43. The van der Waals surface area contributed by atoms with Crippen LogP contribution in [0, 0.1) is 5.82 Å². The molecule has 0 saturated carbocycles. The summed E-state index contributed by atoms with van der Waals surface area (Å²) in [5.74, 6) is -0.202. The van der Waals surface area contributed by atoms with E-state index >= 15 is 0 Å². The van der Waals surface area contributed by atoms with Gasteiger partial charge in [0.25, 0.3) is 0 Å². The van der Waals surface area contributed by atoms with Gasteiger partial charge in [-0.05, 0) is 18.2 Å². The van der Waals surface area contributed by atoms with Gasteiger partial charge in [-0.25, -0.2) is 19.3 Å². The van der Waals surface area contributed by atoms with E-state index in [1.807, 2.05) is 0 Å². The van der Waals surface area contributed by atoms with Crippen LogP contribution in [0.15, 0.2) is 30.9 Å². The zero-order chi connectivity index (χ0) is 12.7. The van der Waals surface area contributed by atoms with Gasteiger partial charge in [0.2, 0.25) is 0 Å². The molecule has 18 heavy (non-hydrogen) atoms. The lowest BCUT2D eigenvalue weighted by Crippen LogP contribution is -1.99. The lowest BCUT2D eigenvalue weighted by atomic mass is 10.3. The fourth-order valence-corrected chi connectivity index (χ4v) is 1.86. The van der Waals surface area contributed by atoms with Gasteiger partial charge in [-0.2, -0.15) is 0 Å². The second-order valence-electron chi connectivity index (χ2n) is 3.64. The quantitative estimate of drug-likeness (QED) is 0.731. The number of anilines is 1. The average molecular weight is 264 g/mol. The van der Waals surface area contributed by atoms with Crippen molar-refractivity contribution in [1.29, 1.82) is 0 Å². The van der Waals surface area contributed by atoms with Crippen LogP contribution < -0.4 is 5.73 Å². The first-order valence-electron chi connectivity index (χ1n) is 5.06. The van der Waals surface area contributed by atoms with Crippen LogP contribution in [0.2, 0.25) is 5.02 Å². The van der Waals surface area contributed by atoms with Crippen LogP contribution in [0.1, 0.15) is 0 Å². The summed E-state index contributed by atoms with van der Waals surface area (Å²) in [4.78, 5) is 11.9. The Morgan fingerprint density at radius 2 is 2.06 bits per heavy atom. The fraction of sp³-hybridized carbons (Fsp3) is 0. The molecule has 0 aliphatic rings. The highest BCUT2D eigenvalue weighted by Crippen LogP contribution is 2.22. The van der Waals surface area contributed by atoms with Crippen LogP contribution in [0.5, 0.6) is 0 Å². The van der Waals surface area contributed by atoms with Crippen LogP contribution in [-0.2, 0) is 0 Å². The maximum atomic E-state index is 13.8. The Balaban J connectivity index is 2.29. The van der Waals surface area contributed by atoms with Crippen molar-refractivity contribution in [2.75, 3.05) is 5.73 Å². The van der Waals surface area contributed by atoms with E-state index < -0.39 is 5.82 Å². The molecule has 0 aliphatic heterocycles. The molecule has 90 valence electrons. The third kappa shape index (κ3) is 1.58. The van der Waals surface area contributed by atoms with Crippen LogP contribution in [0.4, 0.5) is 10.2 Å². The largest absolute Gasteiger partial charge is 0.382 e. The molecule has 7 heteroatoms. The molecule has 0 fully saturated rings. The highest BCUT2D eigenvalue weighted by molar-refractivity contribution is 6.30. The summed E-state index contributed by atoms with van der Waals surface area (Å²) in [5.41, 5.74) is 6.86. The van der Waals surface area contributed by atoms with Crippen LogP contribution in [-0.4, -0.2) is 19.5 Å². The number of benzene rings is 1. The molecule has 0 unspecified atom stereocenters. The van der Waals surface area contributed by atoms with E-state index in [9.17, 15) is 4.39 Å². The van der Waals surface area contributed by atoms with Crippen molar-refractivity contribution >= 4 is 28.6 Å². The highest BCUT2D eigenvalue weighted by Gasteiger charge is 2.12. The number of aromatic nitrogens is 4. The van der Waals surface area contributed by atoms with Crippen molar-refractivity contribution in [1.82, 2.24) is 19.5 Å². The molecule has 0 bridgehead atoms. The Morgan fingerprint density at radius 3 is 2.83 bits per heavy atom. The summed E-state index contributed by atoms with van der Waals surface area (Å²) < 4.78 is 15.3. The first-order chi connectivity index (χ1) is 8.66. The van der Waals surface area contributed by atoms with E-state index in [4.69, 9.17) is 17.3 Å². The molecular weight excluding hydrogens is 257 g/mol. The number of fused-ring (bicyclic) bond motifs is 1. The zero-order valence-corrected chi connectivity index (χ0v) is 9.76. The summed E-state index contributed by atoms with van der Waals surface area (Å²) >= 11 is 5.71. The number of nitrogens with zero attached hydrogens (tertiary/aromatic N) is 4. The Hall–Kier alpha value is -2.21. The molecule has 2 aromatic heterocycles. The molecule has 1 aromatic carbocycles. The minimum atomic E-state index is -0.459. The maximum Gasteiger partial charge on any atom is 0.170 e. The van der Waals surface area contributed by atoms with E-state index in [0.29, 0.717) is 21.9 Å². The second kappa shape index (κ2) is 3.92. The van der Waals surface area contributed by atoms with E-state index in [2.05, 4.69) is 15.0 Å². The number of halogens is 2. The summed E-state index contributed by atoms with van der Waals surface area (Å²) in [6, 6.07) is 4.38. The van der Waals surface area contributed by atoms with Crippen molar-refractivity contribution < 1.29 is 4.39 Å². The average Bonchev–Trinajstić information content (AvgIpc) is 2.74. The molecule has 5 nitrogen and oxygen atoms in total. The Labute approximate surface area is 106 Å².